The largest absolute Gasteiger partial charge is 0.388 e. The minimum absolute atomic E-state index is 0.0000260. The molecule has 1 N–H and O–H groups in total. The first-order chi connectivity index (χ1) is 16.6. The fourth-order valence-corrected chi connectivity index (χ4v) is 9.14. The maximum atomic E-state index is 14.1. The first kappa shape index (κ1) is 24.2. The van der Waals surface area contributed by atoms with Gasteiger partial charge in [0, 0.05) is 43.1 Å². The first-order valence-electron chi connectivity index (χ1n) is 13.5. The molecule has 0 spiro atoms. The monoisotopic (exact) mass is 488 g/mol. The summed E-state index contributed by atoms with van der Waals surface area (Å²) >= 11 is 0. The molecule has 2 heterocycles. The van der Waals surface area contributed by atoms with E-state index in [1.165, 1.54) is 5.57 Å². The summed E-state index contributed by atoms with van der Waals surface area (Å²) in [6.07, 6.45) is 4.37. The van der Waals surface area contributed by atoms with Gasteiger partial charge in [-0.1, -0.05) is 25.5 Å². The second-order valence-corrected chi connectivity index (χ2v) is 12.5. The van der Waals surface area contributed by atoms with Crippen LogP contribution in [0.3, 0.4) is 0 Å². The zero-order chi connectivity index (χ0) is 24.9. The average molecular weight is 489 g/mol. The molecule has 7 nitrogen and oxygen atoms in total. The Bertz CT molecular complexity index is 946. The molecule has 6 rings (SSSR count). The zero-order valence-electron chi connectivity index (χ0n) is 21.6. The van der Waals surface area contributed by atoms with E-state index >= 15 is 0 Å². The van der Waals surface area contributed by atoms with E-state index in [0.29, 0.717) is 18.6 Å². The molecule has 5 fully saturated rings. The van der Waals surface area contributed by atoms with Gasteiger partial charge >= 0.3 is 0 Å². The molecule has 2 saturated heterocycles. The molecule has 0 aromatic rings. The van der Waals surface area contributed by atoms with Gasteiger partial charge in [-0.3, -0.25) is 9.59 Å². The number of methoxy groups -OCH3 is 1. The highest BCUT2D eigenvalue weighted by molar-refractivity contribution is 5.96. The van der Waals surface area contributed by atoms with Crippen molar-refractivity contribution in [3.05, 3.63) is 11.6 Å². The molecule has 3 saturated carbocycles. The normalized spacial score (nSPS) is 55.3. The molecule has 6 aliphatic rings. The van der Waals surface area contributed by atoms with E-state index in [4.69, 9.17) is 18.9 Å². The quantitative estimate of drug-likeness (QED) is 0.610. The second kappa shape index (κ2) is 8.19. The summed E-state index contributed by atoms with van der Waals surface area (Å²) in [6.45, 7) is 8.27. The molecule has 0 aromatic heterocycles. The van der Waals surface area contributed by atoms with Crippen molar-refractivity contribution in [3.63, 3.8) is 0 Å². The number of carbonyl (C=O) groups excluding carboxylic acids is 2. The molecular weight excluding hydrogens is 448 g/mol. The standard InChI is InChI=1S/C28H40O7/c1-13-18-11-19(29)22-17-7-6-15-10-16(35-21-12-20(32-5)24(30)14(2)33-21)8-9-27(15,3)23(17)25(31)26(34-13)28(18,22)4/h6,13-14,16-18,20-24,26,30H,7-12H2,1-5H3. The van der Waals surface area contributed by atoms with E-state index in [1.807, 2.05) is 13.8 Å². The summed E-state index contributed by atoms with van der Waals surface area (Å²) in [5.41, 5.74) is 0.668. The number of ketones is 2. The summed E-state index contributed by atoms with van der Waals surface area (Å²) in [5.74, 6) is 0.557. The van der Waals surface area contributed by atoms with E-state index in [-0.39, 0.29) is 64.7 Å². The second-order valence-electron chi connectivity index (χ2n) is 12.5. The molecule has 13 unspecified atom stereocenters. The molecule has 7 heteroatoms. The Morgan fingerprint density at radius 1 is 1.09 bits per heavy atom. The summed E-state index contributed by atoms with van der Waals surface area (Å²) < 4.78 is 24.1. The van der Waals surface area contributed by atoms with Crippen molar-refractivity contribution in [1.29, 1.82) is 0 Å². The third-order valence-electron chi connectivity index (χ3n) is 10.9. The van der Waals surface area contributed by atoms with Gasteiger partial charge in [-0.2, -0.15) is 0 Å². The van der Waals surface area contributed by atoms with Crippen LogP contribution in [0.25, 0.3) is 0 Å². The Kier molecular flexibility index (Phi) is 5.67. The van der Waals surface area contributed by atoms with E-state index in [1.54, 1.807) is 7.11 Å². The molecule has 0 bridgehead atoms. The number of aliphatic hydroxyl groups excluding tert-OH is 1. The number of rotatable bonds is 3. The number of Topliss-reactive ketones (excluding diaryl/α,β-unsaturated/α-hetero) is 2. The van der Waals surface area contributed by atoms with Crippen molar-refractivity contribution in [3.8, 4) is 0 Å². The van der Waals surface area contributed by atoms with Crippen molar-refractivity contribution in [2.75, 3.05) is 7.11 Å². The van der Waals surface area contributed by atoms with Crippen molar-refractivity contribution in [1.82, 2.24) is 0 Å². The molecule has 2 aliphatic heterocycles. The average Bonchev–Trinajstić information content (AvgIpc) is 3.23. The topological polar surface area (TPSA) is 91.3 Å². The first-order valence-corrected chi connectivity index (χ1v) is 13.5. The number of hydrogen-bond donors (Lipinski definition) is 1. The predicted octanol–water partition coefficient (Wildman–Crippen LogP) is 3.22. The van der Waals surface area contributed by atoms with Gasteiger partial charge in [0.2, 0.25) is 0 Å². The molecule has 0 radical (unpaired) electrons. The zero-order valence-corrected chi connectivity index (χ0v) is 21.6. The molecule has 194 valence electrons. The Balaban J connectivity index is 1.23. The summed E-state index contributed by atoms with van der Waals surface area (Å²) in [6, 6.07) is 0. The summed E-state index contributed by atoms with van der Waals surface area (Å²) in [5, 5.41) is 10.3. The van der Waals surface area contributed by atoms with E-state index in [0.717, 1.165) is 25.7 Å². The maximum Gasteiger partial charge on any atom is 0.166 e. The number of carbonyl (C=O) groups is 2. The number of aliphatic hydroxyl groups is 1. The molecule has 0 amide bonds. The Hall–Kier alpha value is -1.12. The van der Waals surface area contributed by atoms with Crippen LogP contribution >= 0.6 is 0 Å². The fourth-order valence-electron chi connectivity index (χ4n) is 9.14. The number of ether oxygens (including phenoxy) is 4. The van der Waals surface area contributed by atoms with Crippen LogP contribution in [-0.2, 0) is 28.5 Å². The van der Waals surface area contributed by atoms with Gasteiger partial charge in [-0.15, -0.1) is 0 Å². The highest BCUT2D eigenvalue weighted by atomic mass is 16.7. The summed E-state index contributed by atoms with van der Waals surface area (Å²) in [7, 11) is 1.61. The van der Waals surface area contributed by atoms with Crippen molar-refractivity contribution >= 4 is 11.6 Å². The molecule has 4 aliphatic carbocycles. The lowest BCUT2D eigenvalue weighted by Gasteiger charge is -2.57. The van der Waals surface area contributed by atoms with Crippen LogP contribution < -0.4 is 0 Å². The third kappa shape index (κ3) is 3.27. The van der Waals surface area contributed by atoms with Crippen LogP contribution in [-0.4, -0.2) is 66.7 Å². The lowest BCUT2D eigenvalue weighted by atomic mass is 9.46. The van der Waals surface area contributed by atoms with Gasteiger partial charge in [0.05, 0.1) is 24.4 Å². The van der Waals surface area contributed by atoms with Crippen LogP contribution in [0, 0.1) is 34.5 Å². The van der Waals surface area contributed by atoms with Crippen molar-refractivity contribution in [2.45, 2.75) is 109 Å². The third-order valence-corrected chi connectivity index (χ3v) is 10.9. The maximum absolute atomic E-state index is 14.1. The van der Waals surface area contributed by atoms with Gasteiger partial charge in [-0.05, 0) is 50.9 Å². The van der Waals surface area contributed by atoms with E-state index < -0.39 is 18.5 Å². The highest BCUT2D eigenvalue weighted by Crippen LogP contribution is 2.67. The van der Waals surface area contributed by atoms with Gasteiger partial charge in [0.15, 0.2) is 12.1 Å². The number of hydrogen-bond acceptors (Lipinski definition) is 7. The fraction of sp³-hybridized carbons (Fsp3) is 0.857. The molecule has 13 atom stereocenters. The number of allylic oxidation sites excluding steroid dienone is 1. The highest BCUT2D eigenvalue weighted by Gasteiger charge is 2.72. The lowest BCUT2D eigenvalue weighted by Crippen LogP contribution is -2.61. The van der Waals surface area contributed by atoms with E-state index in [2.05, 4.69) is 19.9 Å². The SMILES string of the molecule is COC1CC(OC2CCC3(C)C(=CCC4C3C(=O)C3OC(C)C5CC(=O)C4C35C)C2)OC(C)C1O. The van der Waals surface area contributed by atoms with Crippen molar-refractivity contribution < 1.29 is 33.6 Å². The Labute approximate surface area is 207 Å². The molecule has 0 aromatic carbocycles. The molecule has 35 heavy (non-hydrogen) atoms. The molecular formula is C28H40O7. The van der Waals surface area contributed by atoms with Gasteiger partial charge < -0.3 is 24.1 Å². The van der Waals surface area contributed by atoms with Crippen LogP contribution in [0.15, 0.2) is 11.6 Å². The van der Waals surface area contributed by atoms with Crippen LogP contribution in [0.5, 0.6) is 0 Å². The number of fused-ring (bicyclic) bond motifs is 4. The van der Waals surface area contributed by atoms with Crippen LogP contribution in [0.4, 0.5) is 0 Å². The van der Waals surface area contributed by atoms with E-state index in [9.17, 15) is 14.7 Å². The minimum atomic E-state index is -0.658. The van der Waals surface area contributed by atoms with Crippen LogP contribution in [0.2, 0.25) is 0 Å². The minimum Gasteiger partial charge on any atom is -0.388 e. The van der Waals surface area contributed by atoms with Gasteiger partial charge in [0.25, 0.3) is 0 Å². The predicted molar refractivity (Wildman–Crippen MR) is 126 cm³/mol. The Morgan fingerprint density at radius 2 is 1.86 bits per heavy atom. The van der Waals surface area contributed by atoms with Gasteiger partial charge in [0.1, 0.15) is 18.0 Å². The van der Waals surface area contributed by atoms with Crippen LogP contribution in [0.1, 0.15) is 66.2 Å². The lowest BCUT2D eigenvalue weighted by molar-refractivity contribution is -0.265. The Morgan fingerprint density at radius 3 is 2.60 bits per heavy atom. The smallest absolute Gasteiger partial charge is 0.166 e. The summed E-state index contributed by atoms with van der Waals surface area (Å²) in [4.78, 5) is 27.4. The van der Waals surface area contributed by atoms with Crippen molar-refractivity contribution in [2.24, 2.45) is 34.5 Å². The van der Waals surface area contributed by atoms with Gasteiger partial charge in [-0.25, -0.2) is 0 Å².